The van der Waals surface area contributed by atoms with Crippen LogP contribution in [0.4, 0.5) is 8.78 Å². The van der Waals surface area contributed by atoms with Gasteiger partial charge in [-0.15, -0.1) is 0 Å². The van der Waals surface area contributed by atoms with Gasteiger partial charge in [-0.25, -0.2) is 18.3 Å². The summed E-state index contributed by atoms with van der Waals surface area (Å²) in [7, 11) is 1.68. The number of halogens is 2. The molecule has 0 aliphatic heterocycles. The first-order valence-electron chi connectivity index (χ1n) is 13.9. The second-order valence-electron chi connectivity index (χ2n) is 11.6. The summed E-state index contributed by atoms with van der Waals surface area (Å²) in [5.74, 6) is -2.56. The fraction of sp³-hybridized carbons (Fsp3) is 0.607. The number of aryl methyl sites for hydroxylation is 1. The maximum atomic E-state index is 14.0. The average molecular weight is 542 g/mol. The molecule has 2 fully saturated rings. The van der Waals surface area contributed by atoms with Crippen molar-refractivity contribution in [3.8, 4) is 0 Å². The Morgan fingerprint density at radius 3 is 2.41 bits per heavy atom. The Hall–Kier alpha value is -3.37. The molecule has 0 spiro atoms. The Kier molecular flexibility index (Phi) is 7.68. The number of nitrogens with one attached hydrogen (secondary N) is 2. The number of amides is 2. The minimum Gasteiger partial charge on any atom is -0.349 e. The minimum absolute atomic E-state index is 0.0258. The molecule has 2 aliphatic rings. The molecule has 0 saturated heterocycles. The van der Waals surface area contributed by atoms with Gasteiger partial charge in [0.25, 0.3) is 5.91 Å². The van der Waals surface area contributed by atoms with Crippen LogP contribution >= 0.6 is 0 Å². The molecule has 0 unspecified atom stereocenters. The molecular weight excluding hydrogens is 504 g/mol. The van der Waals surface area contributed by atoms with Gasteiger partial charge in [-0.1, -0.05) is 20.3 Å². The van der Waals surface area contributed by atoms with Crippen LogP contribution in [0.5, 0.6) is 0 Å². The SMILES string of the molecule is CC(C)CC(=O)N[C@@H](c1cnn2cc([C@@H](NC(=O)c3ccnn3C)C3CCC(F)(F)CC3)nc2c1)C1CCC1. The van der Waals surface area contributed by atoms with E-state index in [4.69, 9.17) is 4.98 Å². The van der Waals surface area contributed by atoms with E-state index in [1.165, 1.54) is 4.68 Å². The molecule has 2 N–H and O–H groups in total. The van der Waals surface area contributed by atoms with Crippen molar-refractivity contribution in [2.45, 2.75) is 83.2 Å². The number of hydrogen-bond donors (Lipinski definition) is 2. The number of aromatic nitrogens is 5. The number of alkyl halides is 2. The average Bonchev–Trinajstić information content (AvgIpc) is 3.46. The molecular formula is C28H37F2N7O2. The number of nitrogens with zero attached hydrogens (tertiary/aromatic N) is 5. The zero-order valence-corrected chi connectivity index (χ0v) is 22.7. The van der Waals surface area contributed by atoms with E-state index in [1.807, 2.05) is 19.9 Å². The van der Waals surface area contributed by atoms with Gasteiger partial charge < -0.3 is 10.6 Å². The lowest BCUT2D eigenvalue weighted by Gasteiger charge is -2.34. The van der Waals surface area contributed by atoms with E-state index < -0.39 is 12.0 Å². The molecule has 9 nitrogen and oxygen atoms in total. The summed E-state index contributed by atoms with van der Waals surface area (Å²) in [5, 5.41) is 14.9. The Bertz CT molecular complexity index is 1320. The highest BCUT2D eigenvalue weighted by Crippen LogP contribution is 2.42. The first-order chi connectivity index (χ1) is 18.6. The molecule has 2 aliphatic carbocycles. The first-order valence-corrected chi connectivity index (χ1v) is 13.9. The van der Waals surface area contributed by atoms with E-state index in [9.17, 15) is 18.4 Å². The van der Waals surface area contributed by atoms with E-state index in [1.54, 1.807) is 36.2 Å². The highest BCUT2D eigenvalue weighted by atomic mass is 19.3. The van der Waals surface area contributed by atoms with Crippen molar-refractivity contribution >= 4 is 17.5 Å². The molecule has 0 bridgehead atoms. The van der Waals surface area contributed by atoms with Gasteiger partial charge in [0.15, 0.2) is 5.65 Å². The summed E-state index contributed by atoms with van der Waals surface area (Å²) in [6.45, 7) is 4.04. The van der Waals surface area contributed by atoms with Crippen LogP contribution in [0.15, 0.2) is 30.7 Å². The van der Waals surface area contributed by atoms with E-state index in [-0.39, 0.29) is 55.4 Å². The molecule has 3 aromatic rings. The van der Waals surface area contributed by atoms with Crippen molar-refractivity contribution in [3.63, 3.8) is 0 Å². The van der Waals surface area contributed by atoms with E-state index in [2.05, 4.69) is 20.8 Å². The standard InChI is InChI=1S/C28H37F2N7O2/c1-17(2)13-24(38)34-25(18-5-4-6-18)20-14-23-33-21(16-37(23)32-15-20)26(19-7-10-28(29,30)11-8-19)35-27(39)22-9-12-31-36(22)3/h9,12,14-19,25-26H,4-8,10-11,13H2,1-3H3,(H,34,38)(H,35,39)/t25-,26+/m1/s1. The number of imidazole rings is 1. The van der Waals surface area contributed by atoms with Crippen molar-refractivity contribution in [3.05, 3.63) is 47.7 Å². The molecule has 5 rings (SSSR count). The van der Waals surface area contributed by atoms with Crippen LogP contribution in [-0.4, -0.2) is 42.1 Å². The van der Waals surface area contributed by atoms with Gasteiger partial charge in [0.05, 0.1) is 30.2 Å². The van der Waals surface area contributed by atoms with Crippen LogP contribution in [0.25, 0.3) is 5.65 Å². The van der Waals surface area contributed by atoms with Crippen molar-refractivity contribution in [2.24, 2.45) is 24.8 Å². The van der Waals surface area contributed by atoms with Gasteiger partial charge in [-0.3, -0.25) is 14.3 Å². The first kappa shape index (κ1) is 27.2. The smallest absolute Gasteiger partial charge is 0.270 e. The Morgan fingerprint density at radius 1 is 1.08 bits per heavy atom. The third-order valence-electron chi connectivity index (χ3n) is 8.14. The fourth-order valence-electron chi connectivity index (χ4n) is 5.72. The summed E-state index contributed by atoms with van der Waals surface area (Å²) in [6.07, 6.45) is 8.89. The van der Waals surface area contributed by atoms with Gasteiger partial charge >= 0.3 is 0 Å². The van der Waals surface area contributed by atoms with Gasteiger partial charge in [0, 0.05) is 32.5 Å². The number of fused-ring (bicyclic) bond motifs is 1. The van der Waals surface area contributed by atoms with Gasteiger partial charge in [-0.2, -0.15) is 10.2 Å². The lowest BCUT2D eigenvalue weighted by molar-refractivity contribution is -0.123. The third-order valence-corrected chi connectivity index (χ3v) is 8.14. The lowest BCUT2D eigenvalue weighted by atomic mass is 9.77. The number of carbonyl (C=O) groups is 2. The van der Waals surface area contributed by atoms with Crippen molar-refractivity contribution in [1.29, 1.82) is 0 Å². The summed E-state index contributed by atoms with van der Waals surface area (Å²) in [6, 6.07) is 2.86. The number of carbonyl (C=O) groups excluding carboxylic acids is 2. The number of rotatable bonds is 9. The maximum absolute atomic E-state index is 14.0. The predicted octanol–water partition coefficient (Wildman–Crippen LogP) is 4.76. The molecule has 2 atom stereocenters. The molecule has 2 amide bonds. The van der Waals surface area contributed by atoms with Crippen molar-refractivity contribution in [2.75, 3.05) is 0 Å². The Morgan fingerprint density at radius 2 is 1.79 bits per heavy atom. The van der Waals surface area contributed by atoms with Gasteiger partial charge in [-0.05, 0) is 61.1 Å². The maximum Gasteiger partial charge on any atom is 0.270 e. The van der Waals surface area contributed by atoms with Crippen LogP contribution in [0.3, 0.4) is 0 Å². The van der Waals surface area contributed by atoms with Gasteiger partial charge in [0.2, 0.25) is 11.8 Å². The third kappa shape index (κ3) is 6.12. The van der Waals surface area contributed by atoms with Crippen LogP contribution in [-0.2, 0) is 11.8 Å². The highest BCUT2D eigenvalue weighted by Gasteiger charge is 2.39. The van der Waals surface area contributed by atoms with Crippen LogP contribution in [0.1, 0.15) is 99.0 Å². The summed E-state index contributed by atoms with van der Waals surface area (Å²) >= 11 is 0. The molecule has 0 radical (unpaired) electrons. The fourth-order valence-corrected chi connectivity index (χ4v) is 5.72. The molecule has 3 heterocycles. The second kappa shape index (κ2) is 11.0. The Balaban J connectivity index is 1.43. The normalized spacial score (nSPS) is 19.5. The number of hydrogen-bond acceptors (Lipinski definition) is 5. The van der Waals surface area contributed by atoms with Crippen LogP contribution in [0, 0.1) is 17.8 Å². The van der Waals surface area contributed by atoms with Crippen LogP contribution < -0.4 is 10.6 Å². The van der Waals surface area contributed by atoms with Crippen molar-refractivity contribution < 1.29 is 18.4 Å². The highest BCUT2D eigenvalue weighted by molar-refractivity contribution is 5.92. The van der Waals surface area contributed by atoms with E-state index in [0.717, 1.165) is 24.8 Å². The monoisotopic (exact) mass is 541 g/mol. The molecule has 2 saturated carbocycles. The van der Waals surface area contributed by atoms with E-state index in [0.29, 0.717) is 29.4 Å². The molecule has 11 heteroatoms. The molecule has 210 valence electrons. The predicted molar refractivity (Wildman–Crippen MR) is 141 cm³/mol. The summed E-state index contributed by atoms with van der Waals surface area (Å²) < 4.78 is 31.1. The summed E-state index contributed by atoms with van der Waals surface area (Å²) in [4.78, 5) is 30.6. The summed E-state index contributed by atoms with van der Waals surface area (Å²) in [5.41, 5.74) is 2.44. The topological polar surface area (TPSA) is 106 Å². The zero-order chi connectivity index (χ0) is 27.7. The lowest BCUT2D eigenvalue weighted by Crippen LogP contribution is -2.38. The molecule has 3 aromatic heterocycles. The zero-order valence-electron chi connectivity index (χ0n) is 22.7. The van der Waals surface area contributed by atoms with Gasteiger partial charge in [0.1, 0.15) is 5.69 Å². The van der Waals surface area contributed by atoms with Crippen molar-refractivity contribution in [1.82, 2.24) is 35.0 Å². The molecule has 0 aromatic carbocycles. The minimum atomic E-state index is -2.68. The Labute approximate surface area is 226 Å². The van der Waals surface area contributed by atoms with Crippen LogP contribution in [0.2, 0.25) is 0 Å². The quantitative estimate of drug-likeness (QED) is 0.406. The largest absolute Gasteiger partial charge is 0.349 e. The molecule has 39 heavy (non-hydrogen) atoms. The van der Waals surface area contributed by atoms with E-state index >= 15 is 0 Å². The second-order valence-corrected chi connectivity index (χ2v) is 11.6.